The monoisotopic (exact) mass is 412 g/mol. The van der Waals surface area contributed by atoms with Gasteiger partial charge in [0.1, 0.15) is 5.78 Å². The van der Waals surface area contributed by atoms with Crippen molar-refractivity contribution in [2.24, 2.45) is 0 Å². The predicted molar refractivity (Wildman–Crippen MR) is 98.6 cm³/mol. The molecule has 1 unspecified atom stereocenters. The molecule has 0 aliphatic carbocycles. The largest absolute Gasteiger partial charge is 0.309 e. The first-order valence-corrected chi connectivity index (χ1v) is 8.82. The molecule has 0 spiro atoms. The van der Waals surface area contributed by atoms with Gasteiger partial charge in [-0.3, -0.25) is 14.9 Å². The minimum absolute atomic E-state index is 0.0135. The summed E-state index contributed by atoms with van der Waals surface area (Å²) in [6, 6.07) is 4.60. The van der Waals surface area contributed by atoms with Crippen molar-refractivity contribution >= 4 is 11.5 Å². The summed E-state index contributed by atoms with van der Waals surface area (Å²) in [5.41, 5.74) is -3.38. The number of carbonyl (C=O) groups is 1. The van der Waals surface area contributed by atoms with Gasteiger partial charge in [-0.1, -0.05) is 19.1 Å². The summed E-state index contributed by atoms with van der Waals surface area (Å²) in [5.74, 6) is -7.25. The molecule has 156 valence electrons. The highest BCUT2D eigenvalue weighted by molar-refractivity contribution is 5.94. The molecule has 0 heterocycles. The lowest BCUT2D eigenvalue weighted by atomic mass is 9.67. The van der Waals surface area contributed by atoms with Gasteiger partial charge in [0.2, 0.25) is 0 Å². The van der Waals surface area contributed by atoms with E-state index in [-0.39, 0.29) is 36.7 Å². The van der Waals surface area contributed by atoms with E-state index in [1.165, 1.54) is 19.1 Å². The molecule has 0 saturated heterocycles. The number of rotatable bonds is 8. The third-order valence-electron chi connectivity index (χ3n) is 4.84. The summed E-state index contributed by atoms with van der Waals surface area (Å²) < 4.78 is 57.6. The number of Topliss-reactive ketones (excluding diaryl/α,β-unsaturated/α-hetero) is 1. The van der Waals surface area contributed by atoms with Crippen LogP contribution in [0.1, 0.15) is 30.9 Å². The smallest absolute Gasteiger partial charge is 0.269 e. The number of halogens is 4. The van der Waals surface area contributed by atoms with E-state index in [2.05, 4.69) is 0 Å². The second kappa shape index (κ2) is 8.69. The Labute approximate surface area is 165 Å². The maximum Gasteiger partial charge on any atom is 0.269 e. The van der Waals surface area contributed by atoms with Crippen LogP contribution in [0.4, 0.5) is 23.2 Å². The summed E-state index contributed by atoms with van der Waals surface area (Å²) in [6.07, 6.45) is -0.372. The minimum Gasteiger partial charge on any atom is -0.309 e. The number of ketones is 1. The Bertz CT molecular complexity index is 906. The molecular weight excluding hydrogens is 392 g/mol. The van der Waals surface area contributed by atoms with E-state index >= 15 is 0 Å². The molecule has 0 radical (unpaired) electrons. The van der Waals surface area contributed by atoms with Crippen LogP contribution in [0.25, 0.3) is 0 Å². The van der Waals surface area contributed by atoms with Crippen LogP contribution < -0.4 is 0 Å². The number of nitro benzene ring substituents is 1. The van der Waals surface area contributed by atoms with Crippen LogP contribution in [0, 0.1) is 33.4 Å². The molecule has 0 bridgehead atoms. The van der Waals surface area contributed by atoms with E-state index in [9.17, 15) is 32.5 Å². The van der Waals surface area contributed by atoms with Crippen LogP contribution >= 0.6 is 0 Å². The first-order chi connectivity index (χ1) is 13.6. The molecule has 2 rings (SSSR count). The normalized spacial score (nSPS) is 13.4. The third kappa shape index (κ3) is 4.14. The van der Waals surface area contributed by atoms with Gasteiger partial charge in [-0.25, -0.2) is 17.6 Å². The van der Waals surface area contributed by atoms with E-state index < -0.39 is 45.0 Å². The number of non-ortho nitro benzene ring substituents is 1. The number of nitrogens with zero attached hydrogens (tertiary/aromatic N) is 2. The van der Waals surface area contributed by atoms with Crippen LogP contribution in [0.5, 0.6) is 0 Å². The Morgan fingerprint density at radius 3 is 2.00 bits per heavy atom. The molecule has 2 aromatic carbocycles. The molecule has 5 nitrogen and oxygen atoms in total. The molecular formula is C20H20F4N2O3. The van der Waals surface area contributed by atoms with E-state index in [4.69, 9.17) is 0 Å². The van der Waals surface area contributed by atoms with Crippen LogP contribution in [-0.4, -0.2) is 36.2 Å². The lowest BCUT2D eigenvalue weighted by Gasteiger charge is -2.35. The number of hydrogen-bond donors (Lipinski definition) is 0. The molecule has 0 amide bonds. The molecule has 2 aromatic rings. The molecule has 0 saturated carbocycles. The Morgan fingerprint density at radius 1 is 1.07 bits per heavy atom. The summed E-state index contributed by atoms with van der Waals surface area (Å²) >= 11 is 0. The van der Waals surface area contributed by atoms with Gasteiger partial charge in [0.25, 0.3) is 5.69 Å². The quantitative estimate of drug-likeness (QED) is 0.280. The third-order valence-corrected chi connectivity index (χ3v) is 4.84. The van der Waals surface area contributed by atoms with Crippen molar-refractivity contribution in [3.05, 3.63) is 74.8 Å². The maximum atomic E-state index is 14.8. The van der Waals surface area contributed by atoms with E-state index in [0.29, 0.717) is 0 Å². The molecule has 0 aliphatic rings. The summed E-state index contributed by atoms with van der Waals surface area (Å²) in [4.78, 5) is 25.0. The van der Waals surface area contributed by atoms with Crippen LogP contribution in [0.3, 0.4) is 0 Å². The lowest BCUT2D eigenvalue weighted by Crippen LogP contribution is -2.41. The highest BCUT2D eigenvalue weighted by Crippen LogP contribution is 2.42. The van der Waals surface area contributed by atoms with Gasteiger partial charge in [0.05, 0.1) is 10.3 Å². The second-order valence-electron chi connectivity index (χ2n) is 6.88. The zero-order valence-corrected chi connectivity index (χ0v) is 16.1. The second-order valence-corrected chi connectivity index (χ2v) is 6.88. The van der Waals surface area contributed by atoms with E-state index in [1.807, 2.05) is 0 Å². The SMILES string of the molecule is CCC(=O)C(CCN(C)C)(c1ccc([N+](=O)[O-])cc1)c1c(F)c(F)cc(F)c1F. The predicted octanol–water partition coefficient (Wildman–Crippen LogP) is 4.37. The summed E-state index contributed by atoms with van der Waals surface area (Å²) in [5, 5.41) is 10.9. The van der Waals surface area contributed by atoms with Crippen molar-refractivity contribution in [2.45, 2.75) is 25.2 Å². The van der Waals surface area contributed by atoms with Gasteiger partial charge >= 0.3 is 0 Å². The van der Waals surface area contributed by atoms with Crippen molar-refractivity contribution < 1.29 is 27.3 Å². The molecule has 0 fully saturated rings. The minimum atomic E-state index is -2.06. The zero-order valence-electron chi connectivity index (χ0n) is 16.1. The standard InChI is InChI=1S/C20H20F4N2O3/c1-4-16(27)20(9-10-25(2)3,12-5-7-13(8-6-12)26(28)29)17-18(23)14(21)11-15(22)19(17)24/h5-8,11H,4,9-10H2,1-3H3. The van der Waals surface area contributed by atoms with E-state index in [0.717, 1.165) is 12.1 Å². The number of carbonyl (C=O) groups excluding carboxylic acids is 1. The molecule has 9 heteroatoms. The fourth-order valence-electron chi connectivity index (χ4n) is 3.36. The summed E-state index contributed by atoms with van der Waals surface area (Å²) in [7, 11) is 3.33. The number of nitro groups is 1. The van der Waals surface area contributed by atoms with Crippen molar-refractivity contribution in [2.75, 3.05) is 20.6 Å². The van der Waals surface area contributed by atoms with Crippen LogP contribution in [0.2, 0.25) is 0 Å². The van der Waals surface area contributed by atoms with Gasteiger partial charge in [0.15, 0.2) is 23.3 Å². The van der Waals surface area contributed by atoms with Crippen molar-refractivity contribution in [1.82, 2.24) is 4.90 Å². The van der Waals surface area contributed by atoms with Crippen molar-refractivity contribution in [3.8, 4) is 0 Å². The van der Waals surface area contributed by atoms with Gasteiger partial charge < -0.3 is 4.90 Å². The molecule has 1 atom stereocenters. The maximum absolute atomic E-state index is 14.8. The Kier molecular flexibility index (Phi) is 6.73. The fraction of sp³-hybridized carbons (Fsp3) is 0.350. The Hall–Kier alpha value is -2.81. The molecule has 0 aliphatic heterocycles. The van der Waals surface area contributed by atoms with Crippen LogP contribution in [0.15, 0.2) is 30.3 Å². The van der Waals surface area contributed by atoms with Gasteiger partial charge in [-0.05, 0) is 32.6 Å². The molecule has 29 heavy (non-hydrogen) atoms. The fourth-order valence-corrected chi connectivity index (χ4v) is 3.36. The average molecular weight is 412 g/mol. The molecule has 0 aromatic heterocycles. The highest BCUT2D eigenvalue weighted by Gasteiger charge is 2.46. The Morgan fingerprint density at radius 2 is 1.59 bits per heavy atom. The number of hydrogen-bond acceptors (Lipinski definition) is 4. The molecule has 0 N–H and O–H groups in total. The zero-order chi connectivity index (χ0) is 21.9. The highest BCUT2D eigenvalue weighted by atomic mass is 19.2. The van der Waals surface area contributed by atoms with Gasteiger partial charge in [0, 0.05) is 30.2 Å². The topological polar surface area (TPSA) is 63.5 Å². The van der Waals surface area contributed by atoms with Gasteiger partial charge in [-0.2, -0.15) is 0 Å². The lowest BCUT2D eigenvalue weighted by molar-refractivity contribution is -0.384. The number of benzene rings is 2. The average Bonchev–Trinajstić information content (AvgIpc) is 2.68. The Balaban J connectivity index is 2.90. The van der Waals surface area contributed by atoms with Crippen molar-refractivity contribution in [3.63, 3.8) is 0 Å². The van der Waals surface area contributed by atoms with Gasteiger partial charge in [-0.15, -0.1) is 0 Å². The first kappa shape index (κ1) is 22.5. The van der Waals surface area contributed by atoms with E-state index in [1.54, 1.807) is 19.0 Å². The first-order valence-electron chi connectivity index (χ1n) is 8.82. The van der Waals surface area contributed by atoms with Crippen LogP contribution in [-0.2, 0) is 10.2 Å². The van der Waals surface area contributed by atoms with Crippen molar-refractivity contribution in [1.29, 1.82) is 0 Å². The summed E-state index contributed by atoms with van der Waals surface area (Å²) in [6.45, 7) is 1.61.